The fraction of sp³-hybridized carbons (Fsp3) is 0.579. The molecule has 1 aromatic carbocycles. The highest BCUT2D eigenvalue weighted by Crippen LogP contribution is 2.27. The molecule has 4 nitrogen and oxygen atoms in total. The summed E-state index contributed by atoms with van der Waals surface area (Å²) in [5.41, 5.74) is 1.02. The minimum atomic E-state index is -3.66. The molecule has 1 rings (SSSR count). The molecular formula is C19H29NO3S. The largest absolute Gasteiger partial charge is 0.368 e. The van der Waals surface area contributed by atoms with Crippen molar-refractivity contribution in [1.82, 2.24) is 4.31 Å². The highest BCUT2D eigenvalue weighted by molar-refractivity contribution is 7.89. The molecule has 5 heteroatoms. The van der Waals surface area contributed by atoms with Crippen LogP contribution in [-0.4, -0.2) is 32.6 Å². The molecule has 0 fully saturated rings. The maximum atomic E-state index is 13.2. The molecule has 0 saturated carbocycles. The minimum Gasteiger partial charge on any atom is -0.368 e. The lowest BCUT2D eigenvalue weighted by atomic mass is 9.92. The van der Waals surface area contributed by atoms with E-state index in [1.807, 2.05) is 13.8 Å². The number of nitrogens with zero attached hydrogens (tertiary/aromatic N) is 1. The SMILES string of the molecule is C#C[C@H](CCC)[C@@H](CCC)N(COC)S(=O)(=O)c1ccc(C)cc1. The lowest BCUT2D eigenvalue weighted by Crippen LogP contribution is -2.45. The summed E-state index contributed by atoms with van der Waals surface area (Å²) in [6, 6.07) is 6.63. The number of aryl methyl sites for hydroxylation is 1. The highest BCUT2D eigenvalue weighted by atomic mass is 32.2. The van der Waals surface area contributed by atoms with Crippen LogP contribution < -0.4 is 0 Å². The van der Waals surface area contributed by atoms with Gasteiger partial charge in [-0.3, -0.25) is 0 Å². The van der Waals surface area contributed by atoms with Crippen molar-refractivity contribution in [2.75, 3.05) is 13.8 Å². The van der Waals surface area contributed by atoms with Crippen LogP contribution in [-0.2, 0) is 14.8 Å². The van der Waals surface area contributed by atoms with E-state index in [0.717, 1.165) is 24.8 Å². The molecule has 0 aliphatic carbocycles. The molecule has 2 atom stereocenters. The van der Waals surface area contributed by atoms with Gasteiger partial charge in [0.1, 0.15) is 6.73 Å². The van der Waals surface area contributed by atoms with Crippen molar-refractivity contribution in [1.29, 1.82) is 0 Å². The predicted molar refractivity (Wildman–Crippen MR) is 98.0 cm³/mol. The van der Waals surface area contributed by atoms with Crippen molar-refractivity contribution in [2.24, 2.45) is 5.92 Å². The third-order valence-corrected chi connectivity index (χ3v) is 5.98. The number of hydrogen-bond acceptors (Lipinski definition) is 3. The van der Waals surface area contributed by atoms with Gasteiger partial charge in [-0.25, -0.2) is 8.42 Å². The second-order valence-electron chi connectivity index (χ2n) is 6.04. The first-order chi connectivity index (χ1) is 11.4. The molecule has 0 saturated heterocycles. The topological polar surface area (TPSA) is 46.6 Å². The van der Waals surface area contributed by atoms with Crippen LogP contribution in [0.2, 0.25) is 0 Å². The first-order valence-corrected chi connectivity index (χ1v) is 9.89. The summed E-state index contributed by atoms with van der Waals surface area (Å²) >= 11 is 0. The Kier molecular flexibility index (Phi) is 8.47. The van der Waals surface area contributed by atoms with E-state index < -0.39 is 10.0 Å². The molecule has 0 spiro atoms. The molecule has 0 amide bonds. The minimum absolute atomic E-state index is 0.00275. The molecule has 0 aromatic heterocycles. The van der Waals surface area contributed by atoms with E-state index in [1.165, 1.54) is 11.4 Å². The summed E-state index contributed by atoms with van der Waals surface area (Å²) in [5, 5.41) is 0. The van der Waals surface area contributed by atoms with Gasteiger partial charge >= 0.3 is 0 Å². The molecular weight excluding hydrogens is 322 g/mol. The van der Waals surface area contributed by atoms with Crippen LogP contribution in [0, 0.1) is 25.2 Å². The Morgan fingerprint density at radius 1 is 1.17 bits per heavy atom. The second kappa shape index (κ2) is 9.83. The van der Waals surface area contributed by atoms with Crippen molar-refractivity contribution in [3.05, 3.63) is 29.8 Å². The van der Waals surface area contributed by atoms with Crippen LogP contribution in [0.3, 0.4) is 0 Å². The summed E-state index contributed by atoms with van der Waals surface area (Å²) in [6.45, 7) is 6.03. The number of hydrogen-bond donors (Lipinski definition) is 0. The Morgan fingerprint density at radius 2 is 1.75 bits per heavy atom. The Balaban J connectivity index is 3.30. The Morgan fingerprint density at radius 3 is 2.21 bits per heavy atom. The third kappa shape index (κ3) is 5.07. The smallest absolute Gasteiger partial charge is 0.245 e. The Hall–Kier alpha value is -1.35. The zero-order valence-corrected chi connectivity index (χ0v) is 16.0. The van der Waals surface area contributed by atoms with Gasteiger partial charge in [-0.1, -0.05) is 44.4 Å². The normalized spacial score (nSPS) is 14.3. The van der Waals surface area contributed by atoms with Crippen LogP contribution >= 0.6 is 0 Å². The number of ether oxygens (including phenoxy) is 1. The van der Waals surface area contributed by atoms with E-state index >= 15 is 0 Å². The van der Waals surface area contributed by atoms with Gasteiger partial charge in [0.2, 0.25) is 10.0 Å². The van der Waals surface area contributed by atoms with Crippen LogP contribution in [0.25, 0.3) is 0 Å². The molecule has 0 heterocycles. The standard InChI is InChI=1S/C19H29NO3S/c1-6-9-17(8-3)19(10-7-2)20(15-23-5)24(21,22)18-13-11-16(4)12-14-18/h3,11-14,17,19H,6-7,9-10,15H2,1-2,4-5H3/t17-,19-/m1/s1. The predicted octanol–water partition coefficient (Wildman–Crippen LogP) is 3.81. The van der Waals surface area contributed by atoms with Gasteiger partial charge in [0, 0.05) is 19.1 Å². The summed E-state index contributed by atoms with van der Waals surface area (Å²) in [6.07, 6.45) is 9.00. The average Bonchev–Trinajstić information content (AvgIpc) is 2.56. The monoisotopic (exact) mass is 351 g/mol. The van der Waals surface area contributed by atoms with E-state index in [-0.39, 0.29) is 23.6 Å². The summed E-state index contributed by atoms with van der Waals surface area (Å²) in [4.78, 5) is 0.276. The molecule has 0 aliphatic rings. The average molecular weight is 352 g/mol. The van der Waals surface area contributed by atoms with Crippen molar-refractivity contribution in [3.63, 3.8) is 0 Å². The molecule has 0 N–H and O–H groups in total. The van der Waals surface area contributed by atoms with Gasteiger partial charge in [0.25, 0.3) is 0 Å². The van der Waals surface area contributed by atoms with E-state index in [9.17, 15) is 8.42 Å². The van der Waals surface area contributed by atoms with Gasteiger partial charge in [-0.2, -0.15) is 4.31 Å². The lowest BCUT2D eigenvalue weighted by Gasteiger charge is -2.33. The lowest BCUT2D eigenvalue weighted by molar-refractivity contribution is 0.0780. The molecule has 1 aromatic rings. The molecule has 24 heavy (non-hydrogen) atoms. The quantitative estimate of drug-likeness (QED) is 0.476. The molecule has 0 aliphatic heterocycles. The van der Waals surface area contributed by atoms with E-state index in [4.69, 9.17) is 11.2 Å². The van der Waals surface area contributed by atoms with E-state index in [2.05, 4.69) is 12.8 Å². The van der Waals surface area contributed by atoms with Crippen molar-refractivity contribution < 1.29 is 13.2 Å². The molecule has 0 unspecified atom stereocenters. The van der Waals surface area contributed by atoms with Gasteiger partial charge in [0.15, 0.2) is 0 Å². The Labute approximate surface area is 147 Å². The zero-order chi connectivity index (χ0) is 18.2. The fourth-order valence-electron chi connectivity index (χ4n) is 2.86. The van der Waals surface area contributed by atoms with Crippen molar-refractivity contribution in [2.45, 2.75) is 57.4 Å². The molecule has 0 bridgehead atoms. The van der Waals surface area contributed by atoms with Gasteiger partial charge in [-0.15, -0.1) is 12.3 Å². The second-order valence-corrected chi connectivity index (χ2v) is 7.93. The van der Waals surface area contributed by atoms with Crippen LogP contribution in [0.1, 0.15) is 45.1 Å². The zero-order valence-electron chi connectivity index (χ0n) is 15.2. The first-order valence-electron chi connectivity index (χ1n) is 8.45. The van der Waals surface area contributed by atoms with E-state index in [0.29, 0.717) is 6.42 Å². The number of benzene rings is 1. The summed E-state index contributed by atoms with van der Waals surface area (Å²) < 4.78 is 32.9. The van der Waals surface area contributed by atoms with Gasteiger partial charge < -0.3 is 4.74 Å². The van der Waals surface area contributed by atoms with Gasteiger partial charge in [0.05, 0.1) is 4.90 Å². The molecule has 134 valence electrons. The third-order valence-electron chi connectivity index (χ3n) is 4.12. The summed E-state index contributed by atoms with van der Waals surface area (Å²) in [7, 11) is -2.16. The first kappa shape index (κ1) is 20.7. The Bertz CT molecular complexity index is 632. The number of methoxy groups -OCH3 is 1. The van der Waals surface area contributed by atoms with Gasteiger partial charge in [-0.05, 0) is 31.9 Å². The van der Waals surface area contributed by atoms with Crippen molar-refractivity contribution in [3.8, 4) is 12.3 Å². The summed E-state index contributed by atoms with van der Waals surface area (Å²) in [5.74, 6) is 2.68. The maximum Gasteiger partial charge on any atom is 0.245 e. The molecule has 0 radical (unpaired) electrons. The number of rotatable bonds is 10. The van der Waals surface area contributed by atoms with Crippen molar-refractivity contribution >= 4 is 10.0 Å². The highest BCUT2D eigenvalue weighted by Gasteiger charge is 2.34. The van der Waals surface area contributed by atoms with Crippen LogP contribution in [0.4, 0.5) is 0 Å². The van der Waals surface area contributed by atoms with Crippen LogP contribution in [0.5, 0.6) is 0 Å². The number of terminal acetylenes is 1. The van der Waals surface area contributed by atoms with Crippen LogP contribution in [0.15, 0.2) is 29.2 Å². The fourth-order valence-corrected chi connectivity index (χ4v) is 4.46. The number of sulfonamides is 1. The maximum absolute atomic E-state index is 13.2. The van der Waals surface area contributed by atoms with E-state index in [1.54, 1.807) is 24.3 Å².